The molecule has 150 valence electrons. The Labute approximate surface area is 174 Å². The Hall–Kier alpha value is -0.930. The minimum absolute atomic E-state index is 0. The van der Waals surface area contributed by atoms with Crippen molar-refractivity contribution in [2.75, 3.05) is 46.9 Å². The number of unbranched alkanes of at least 4 members (excludes halogenated alkanes) is 1. The van der Waals surface area contributed by atoms with Crippen LogP contribution in [0.25, 0.3) is 0 Å². The van der Waals surface area contributed by atoms with Gasteiger partial charge in [-0.1, -0.05) is 25.5 Å². The van der Waals surface area contributed by atoms with Crippen molar-refractivity contribution in [1.82, 2.24) is 15.5 Å². The van der Waals surface area contributed by atoms with Crippen molar-refractivity contribution in [2.24, 2.45) is 4.99 Å². The van der Waals surface area contributed by atoms with E-state index in [2.05, 4.69) is 34.5 Å². The Morgan fingerprint density at radius 1 is 1.12 bits per heavy atom. The monoisotopic (exact) mass is 480 g/mol. The van der Waals surface area contributed by atoms with E-state index >= 15 is 0 Å². The number of aliphatic imine (C=N–C) groups is 1. The molecule has 0 spiro atoms. The van der Waals surface area contributed by atoms with Crippen LogP contribution in [0.3, 0.4) is 0 Å². The second kappa shape index (κ2) is 16.3. The molecule has 0 bridgehead atoms. The maximum atomic E-state index is 12.9. The first-order valence-corrected chi connectivity index (χ1v) is 9.11. The number of hydrogen-bond acceptors (Lipinski definition) is 3. The van der Waals surface area contributed by atoms with Crippen LogP contribution in [0.15, 0.2) is 29.3 Å². The number of nitrogens with zero attached hydrogens (tertiary/aromatic N) is 2. The molecular formula is C19H34FIN4O. The van der Waals surface area contributed by atoms with Crippen molar-refractivity contribution in [3.63, 3.8) is 0 Å². The van der Waals surface area contributed by atoms with E-state index < -0.39 is 0 Å². The lowest BCUT2D eigenvalue weighted by Gasteiger charge is -2.18. The topological polar surface area (TPSA) is 48.9 Å². The summed E-state index contributed by atoms with van der Waals surface area (Å²) in [5, 5.41) is 6.59. The van der Waals surface area contributed by atoms with Crippen LogP contribution >= 0.6 is 24.0 Å². The highest BCUT2D eigenvalue weighted by molar-refractivity contribution is 14.0. The lowest BCUT2D eigenvalue weighted by molar-refractivity contribution is 0.129. The Balaban J connectivity index is 0.00000625. The van der Waals surface area contributed by atoms with Crippen LogP contribution in [0, 0.1) is 5.82 Å². The molecule has 1 rings (SSSR count). The molecule has 2 N–H and O–H groups in total. The Morgan fingerprint density at radius 2 is 1.77 bits per heavy atom. The average molecular weight is 480 g/mol. The predicted molar refractivity (Wildman–Crippen MR) is 118 cm³/mol. The van der Waals surface area contributed by atoms with Gasteiger partial charge in [-0.2, -0.15) is 0 Å². The minimum Gasteiger partial charge on any atom is -0.381 e. The standard InChI is InChI=1S/C19H33FN4O.HI/c1-4-5-14-25-15-6-11-22-19(21-2)23-12-13-24(3)16-17-7-9-18(20)10-8-17;/h7-10H,4-6,11-16H2,1-3H3,(H2,21,22,23);1H. The fourth-order valence-corrected chi connectivity index (χ4v) is 2.30. The van der Waals surface area contributed by atoms with Crippen LogP contribution < -0.4 is 10.6 Å². The first-order valence-electron chi connectivity index (χ1n) is 9.11. The zero-order valence-electron chi connectivity index (χ0n) is 16.3. The summed E-state index contributed by atoms with van der Waals surface area (Å²) in [6.45, 7) is 7.11. The molecule has 0 saturated heterocycles. The number of halogens is 2. The molecule has 0 heterocycles. The minimum atomic E-state index is -0.196. The highest BCUT2D eigenvalue weighted by Gasteiger charge is 2.02. The number of benzene rings is 1. The van der Waals surface area contributed by atoms with Crippen LogP contribution in [0.4, 0.5) is 4.39 Å². The van der Waals surface area contributed by atoms with E-state index in [0.29, 0.717) is 0 Å². The van der Waals surface area contributed by atoms with Gasteiger partial charge in [0.1, 0.15) is 5.82 Å². The van der Waals surface area contributed by atoms with Crippen molar-refractivity contribution >= 4 is 29.9 Å². The van der Waals surface area contributed by atoms with E-state index in [1.807, 2.05) is 12.1 Å². The highest BCUT2D eigenvalue weighted by Crippen LogP contribution is 2.04. The lowest BCUT2D eigenvalue weighted by Crippen LogP contribution is -2.41. The molecule has 0 unspecified atom stereocenters. The summed E-state index contributed by atoms with van der Waals surface area (Å²) in [7, 11) is 3.82. The smallest absolute Gasteiger partial charge is 0.191 e. The van der Waals surface area contributed by atoms with Gasteiger partial charge in [-0.15, -0.1) is 24.0 Å². The lowest BCUT2D eigenvalue weighted by atomic mass is 10.2. The zero-order chi connectivity index (χ0) is 18.3. The molecule has 0 aliphatic carbocycles. The van der Waals surface area contributed by atoms with Crippen molar-refractivity contribution in [2.45, 2.75) is 32.7 Å². The van der Waals surface area contributed by atoms with Gasteiger partial charge in [-0.05, 0) is 37.6 Å². The van der Waals surface area contributed by atoms with E-state index in [-0.39, 0.29) is 29.8 Å². The molecule has 1 aromatic carbocycles. The van der Waals surface area contributed by atoms with Gasteiger partial charge in [0.15, 0.2) is 5.96 Å². The maximum Gasteiger partial charge on any atom is 0.191 e. The summed E-state index contributed by atoms with van der Waals surface area (Å²) >= 11 is 0. The summed E-state index contributed by atoms with van der Waals surface area (Å²) in [5.74, 6) is 0.613. The Kier molecular flexibility index (Phi) is 15.7. The zero-order valence-corrected chi connectivity index (χ0v) is 18.6. The Bertz CT molecular complexity index is 485. The van der Waals surface area contributed by atoms with Crippen LogP contribution in [-0.2, 0) is 11.3 Å². The number of rotatable bonds is 12. The third-order valence-electron chi connectivity index (χ3n) is 3.78. The molecule has 0 amide bonds. The largest absolute Gasteiger partial charge is 0.381 e. The number of guanidine groups is 1. The van der Waals surface area contributed by atoms with Crippen molar-refractivity contribution in [1.29, 1.82) is 0 Å². The van der Waals surface area contributed by atoms with Gasteiger partial charge in [-0.3, -0.25) is 4.99 Å². The molecule has 0 aliphatic heterocycles. The molecule has 0 saturated carbocycles. The SMILES string of the molecule is CCCCOCCCNC(=NC)NCCN(C)Cc1ccc(F)cc1.I. The van der Waals surface area contributed by atoms with Crippen molar-refractivity contribution < 1.29 is 9.13 Å². The summed E-state index contributed by atoms with van der Waals surface area (Å²) in [6.07, 6.45) is 3.27. The molecule has 0 aromatic heterocycles. The summed E-state index contributed by atoms with van der Waals surface area (Å²) < 4.78 is 18.4. The molecule has 7 heteroatoms. The van der Waals surface area contributed by atoms with E-state index in [9.17, 15) is 4.39 Å². The molecular weight excluding hydrogens is 446 g/mol. The molecule has 26 heavy (non-hydrogen) atoms. The third kappa shape index (κ3) is 12.4. The Morgan fingerprint density at radius 3 is 2.42 bits per heavy atom. The number of likely N-dealkylation sites (N-methyl/N-ethyl adjacent to an activating group) is 1. The summed E-state index contributed by atoms with van der Waals surface area (Å²) in [4.78, 5) is 6.41. The molecule has 5 nitrogen and oxygen atoms in total. The van der Waals surface area contributed by atoms with Crippen molar-refractivity contribution in [3.8, 4) is 0 Å². The summed E-state index contributed by atoms with van der Waals surface area (Å²) in [6, 6.07) is 6.64. The number of hydrogen-bond donors (Lipinski definition) is 2. The van der Waals surface area contributed by atoms with Crippen molar-refractivity contribution in [3.05, 3.63) is 35.6 Å². The number of ether oxygens (including phenoxy) is 1. The normalized spacial score (nSPS) is 11.3. The van der Waals surface area contributed by atoms with Gasteiger partial charge in [0.2, 0.25) is 0 Å². The van der Waals surface area contributed by atoms with Gasteiger partial charge in [0, 0.05) is 46.4 Å². The van der Waals surface area contributed by atoms with Gasteiger partial charge in [-0.25, -0.2) is 4.39 Å². The molecule has 1 aromatic rings. The van der Waals surface area contributed by atoms with Crippen LogP contribution in [0.2, 0.25) is 0 Å². The predicted octanol–water partition coefficient (Wildman–Crippen LogP) is 3.25. The maximum absolute atomic E-state index is 12.9. The van der Waals surface area contributed by atoms with Gasteiger partial charge in [0.25, 0.3) is 0 Å². The van der Waals surface area contributed by atoms with E-state index in [1.54, 1.807) is 7.05 Å². The highest BCUT2D eigenvalue weighted by atomic mass is 127. The first kappa shape index (κ1) is 25.1. The van der Waals surface area contributed by atoms with Crippen LogP contribution in [0.1, 0.15) is 31.7 Å². The van der Waals surface area contributed by atoms with E-state index in [4.69, 9.17) is 4.74 Å². The second-order valence-electron chi connectivity index (χ2n) is 6.11. The van der Waals surface area contributed by atoms with E-state index in [0.717, 1.165) is 63.8 Å². The fourth-order valence-electron chi connectivity index (χ4n) is 2.30. The number of nitrogens with one attached hydrogen (secondary N) is 2. The van der Waals surface area contributed by atoms with Gasteiger partial charge < -0.3 is 20.3 Å². The molecule has 0 fully saturated rings. The third-order valence-corrected chi connectivity index (χ3v) is 3.78. The van der Waals surface area contributed by atoms with Gasteiger partial charge in [0.05, 0.1) is 0 Å². The van der Waals surface area contributed by atoms with Crippen LogP contribution in [0.5, 0.6) is 0 Å². The second-order valence-corrected chi connectivity index (χ2v) is 6.11. The molecule has 0 aliphatic rings. The van der Waals surface area contributed by atoms with Crippen LogP contribution in [-0.4, -0.2) is 57.8 Å². The summed E-state index contributed by atoms with van der Waals surface area (Å²) in [5.41, 5.74) is 1.11. The molecule has 0 atom stereocenters. The quantitative estimate of drug-likeness (QED) is 0.209. The first-order chi connectivity index (χ1) is 12.2. The fraction of sp³-hybridized carbons (Fsp3) is 0.632. The molecule has 0 radical (unpaired) electrons. The van der Waals surface area contributed by atoms with E-state index in [1.165, 1.54) is 18.6 Å². The van der Waals surface area contributed by atoms with Gasteiger partial charge >= 0.3 is 0 Å². The average Bonchev–Trinajstić information content (AvgIpc) is 2.61.